The van der Waals surface area contributed by atoms with Gasteiger partial charge in [-0.05, 0) is 37.5 Å². The third-order valence-electron chi connectivity index (χ3n) is 4.91. The van der Waals surface area contributed by atoms with Crippen molar-refractivity contribution in [2.24, 2.45) is 0 Å². The summed E-state index contributed by atoms with van der Waals surface area (Å²) in [6.45, 7) is 2.97. The van der Waals surface area contributed by atoms with E-state index in [-0.39, 0.29) is 6.04 Å². The second-order valence-electron chi connectivity index (χ2n) is 7.24. The number of rotatable bonds is 9. The fraction of sp³-hybridized carbons (Fsp3) is 0.318. The summed E-state index contributed by atoms with van der Waals surface area (Å²) in [6.07, 6.45) is 0.987. The standard InChI is InChI=1S/C22H25N5S3/c1-4-19(26(2)3)20-24-25-22(27(20)12-16-8-6-5-7-9-16)30-15-18-14-29-21(23-18)17-10-11-28-13-17/h5-11,13-14,19H,4,12,15H2,1-3H3/t19-/m1/s1. The first-order chi connectivity index (χ1) is 14.7. The van der Waals surface area contributed by atoms with Crippen molar-refractivity contribution in [1.29, 1.82) is 0 Å². The van der Waals surface area contributed by atoms with Crippen molar-refractivity contribution in [3.63, 3.8) is 0 Å². The van der Waals surface area contributed by atoms with Gasteiger partial charge in [0.05, 0.1) is 18.3 Å². The van der Waals surface area contributed by atoms with Crippen LogP contribution in [0.4, 0.5) is 0 Å². The van der Waals surface area contributed by atoms with Crippen molar-refractivity contribution in [3.05, 3.63) is 69.6 Å². The summed E-state index contributed by atoms with van der Waals surface area (Å²) >= 11 is 5.11. The van der Waals surface area contributed by atoms with E-state index in [2.05, 4.69) is 87.2 Å². The lowest BCUT2D eigenvalue weighted by atomic mass is 10.2. The maximum Gasteiger partial charge on any atom is 0.191 e. The van der Waals surface area contributed by atoms with E-state index in [9.17, 15) is 0 Å². The second-order valence-corrected chi connectivity index (χ2v) is 9.83. The van der Waals surface area contributed by atoms with E-state index < -0.39 is 0 Å². The molecule has 3 aromatic heterocycles. The highest BCUT2D eigenvalue weighted by Crippen LogP contribution is 2.30. The average molecular weight is 456 g/mol. The van der Waals surface area contributed by atoms with Crippen molar-refractivity contribution in [2.75, 3.05) is 14.1 Å². The first-order valence-corrected chi connectivity index (χ1v) is 12.7. The molecule has 1 aromatic carbocycles. The lowest BCUT2D eigenvalue weighted by Gasteiger charge is -2.23. The third-order valence-corrected chi connectivity index (χ3v) is 7.53. The molecule has 0 saturated heterocycles. The SMILES string of the molecule is CC[C@H](c1nnc(SCc2csc(-c3ccsc3)n2)n1Cc1ccccc1)N(C)C. The van der Waals surface area contributed by atoms with Gasteiger partial charge in [-0.15, -0.1) is 21.5 Å². The minimum atomic E-state index is 0.236. The normalized spacial score (nSPS) is 12.5. The Balaban J connectivity index is 1.57. The van der Waals surface area contributed by atoms with E-state index in [1.165, 1.54) is 11.1 Å². The molecule has 1 atom stereocenters. The van der Waals surface area contributed by atoms with Crippen LogP contribution in [0.1, 0.15) is 36.5 Å². The molecule has 5 nitrogen and oxygen atoms in total. The van der Waals surface area contributed by atoms with Crippen molar-refractivity contribution in [1.82, 2.24) is 24.6 Å². The quantitative estimate of drug-likeness (QED) is 0.298. The van der Waals surface area contributed by atoms with Gasteiger partial charge >= 0.3 is 0 Å². The number of thiophene rings is 1. The highest BCUT2D eigenvalue weighted by atomic mass is 32.2. The number of hydrogen-bond donors (Lipinski definition) is 0. The molecule has 30 heavy (non-hydrogen) atoms. The maximum atomic E-state index is 4.81. The molecule has 8 heteroatoms. The van der Waals surface area contributed by atoms with E-state index in [4.69, 9.17) is 4.98 Å². The number of hydrogen-bond acceptors (Lipinski definition) is 7. The largest absolute Gasteiger partial charge is 0.300 e. The van der Waals surface area contributed by atoms with Gasteiger partial charge in [0, 0.05) is 22.1 Å². The van der Waals surface area contributed by atoms with Crippen LogP contribution in [-0.4, -0.2) is 38.7 Å². The third kappa shape index (κ3) is 4.83. The van der Waals surface area contributed by atoms with E-state index in [1.807, 2.05) is 6.07 Å². The van der Waals surface area contributed by atoms with Crippen LogP contribution in [0.25, 0.3) is 10.6 Å². The molecule has 0 aliphatic carbocycles. The molecular weight excluding hydrogens is 430 g/mol. The monoisotopic (exact) mass is 455 g/mol. The van der Waals surface area contributed by atoms with Crippen molar-refractivity contribution in [2.45, 2.75) is 36.8 Å². The molecule has 3 heterocycles. The number of aromatic nitrogens is 4. The Morgan fingerprint density at radius 3 is 2.63 bits per heavy atom. The Morgan fingerprint density at radius 2 is 1.93 bits per heavy atom. The first-order valence-electron chi connectivity index (χ1n) is 9.89. The minimum Gasteiger partial charge on any atom is -0.300 e. The molecule has 0 aliphatic heterocycles. The predicted molar refractivity (Wildman–Crippen MR) is 127 cm³/mol. The molecule has 0 radical (unpaired) electrons. The maximum absolute atomic E-state index is 4.81. The molecular formula is C22H25N5S3. The van der Waals surface area contributed by atoms with E-state index >= 15 is 0 Å². The molecule has 0 spiro atoms. The van der Waals surface area contributed by atoms with Gasteiger partial charge in [-0.2, -0.15) is 11.3 Å². The number of thiazole rings is 1. The smallest absolute Gasteiger partial charge is 0.191 e. The molecule has 0 bridgehead atoms. The van der Waals surface area contributed by atoms with Gasteiger partial charge in [0.15, 0.2) is 11.0 Å². The average Bonchev–Trinajstić information content (AvgIpc) is 3.49. The summed E-state index contributed by atoms with van der Waals surface area (Å²) in [5, 5.41) is 17.6. The van der Waals surface area contributed by atoms with Crippen LogP contribution in [0, 0.1) is 0 Å². The van der Waals surface area contributed by atoms with Crippen molar-refractivity contribution in [3.8, 4) is 10.6 Å². The van der Waals surface area contributed by atoms with E-state index in [1.54, 1.807) is 34.4 Å². The predicted octanol–water partition coefficient (Wildman–Crippen LogP) is 5.82. The minimum absolute atomic E-state index is 0.236. The Morgan fingerprint density at radius 1 is 1.10 bits per heavy atom. The number of benzene rings is 1. The molecule has 0 fully saturated rings. The molecule has 0 amide bonds. The fourth-order valence-corrected chi connectivity index (χ4v) is 5.85. The van der Waals surface area contributed by atoms with Gasteiger partial charge < -0.3 is 4.57 Å². The number of thioether (sulfide) groups is 1. The summed E-state index contributed by atoms with van der Waals surface area (Å²) in [4.78, 5) is 7.02. The zero-order valence-electron chi connectivity index (χ0n) is 17.4. The first kappa shape index (κ1) is 21.2. The lowest BCUT2D eigenvalue weighted by molar-refractivity contribution is 0.272. The van der Waals surface area contributed by atoms with Crippen molar-refractivity contribution < 1.29 is 0 Å². The number of nitrogens with zero attached hydrogens (tertiary/aromatic N) is 5. The zero-order valence-corrected chi connectivity index (χ0v) is 19.8. The zero-order chi connectivity index (χ0) is 20.9. The van der Waals surface area contributed by atoms with Crippen LogP contribution in [-0.2, 0) is 12.3 Å². The van der Waals surface area contributed by atoms with Gasteiger partial charge in [-0.3, -0.25) is 4.90 Å². The van der Waals surface area contributed by atoms with Crippen LogP contribution >= 0.6 is 34.4 Å². The van der Waals surface area contributed by atoms with Gasteiger partial charge in [0.2, 0.25) is 0 Å². The van der Waals surface area contributed by atoms with E-state index in [0.29, 0.717) is 0 Å². The molecule has 0 saturated carbocycles. The van der Waals surface area contributed by atoms with Gasteiger partial charge in [0.1, 0.15) is 5.01 Å². The summed E-state index contributed by atoms with van der Waals surface area (Å²) in [6, 6.07) is 12.9. The molecule has 156 valence electrons. The van der Waals surface area contributed by atoms with Gasteiger partial charge in [-0.25, -0.2) is 4.98 Å². The highest BCUT2D eigenvalue weighted by Gasteiger charge is 2.22. The summed E-state index contributed by atoms with van der Waals surface area (Å²) < 4.78 is 2.26. The second kappa shape index (κ2) is 9.87. The fourth-order valence-electron chi connectivity index (χ4n) is 3.38. The Hall–Kier alpha value is -2.00. The van der Waals surface area contributed by atoms with Crippen LogP contribution in [0.15, 0.2) is 57.7 Å². The Labute approximate surface area is 189 Å². The molecule has 0 aliphatic rings. The summed E-state index contributed by atoms with van der Waals surface area (Å²) in [5.74, 6) is 1.80. The molecule has 4 aromatic rings. The van der Waals surface area contributed by atoms with Gasteiger partial charge in [0.25, 0.3) is 0 Å². The molecule has 0 N–H and O–H groups in total. The van der Waals surface area contributed by atoms with Crippen LogP contribution in [0.3, 0.4) is 0 Å². The Kier molecular flexibility index (Phi) is 6.99. The topological polar surface area (TPSA) is 46.8 Å². The van der Waals surface area contributed by atoms with Crippen LogP contribution < -0.4 is 0 Å². The lowest BCUT2D eigenvalue weighted by Crippen LogP contribution is -2.23. The van der Waals surface area contributed by atoms with Gasteiger partial charge in [-0.1, -0.05) is 49.0 Å². The van der Waals surface area contributed by atoms with E-state index in [0.717, 1.165) is 40.4 Å². The van der Waals surface area contributed by atoms with Crippen LogP contribution in [0.2, 0.25) is 0 Å². The molecule has 4 rings (SSSR count). The summed E-state index contributed by atoms with van der Waals surface area (Å²) in [5.41, 5.74) is 3.54. The van der Waals surface area contributed by atoms with Crippen LogP contribution in [0.5, 0.6) is 0 Å². The Bertz CT molecular complexity index is 1050. The van der Waals surface area contributed by atoms with Crippen molar-refractivity contribution >= 4 is 34.4 Å². The highest BCUT2D eigenvalue weighted by molar-refractivity contribution is 7.98. The summed E-state index contributed by atoms with van der Waals surface area (Å²) in [7, 11) is 4.20. The molecule has 0 unspecified atom stereocenters.